The van der Waals surface area contributed by atoms with Gasteiger partial charge < -0.3 is 30.4 Å². The second kappa shape index (κ2) is 9.32. The number of nitrogens with zero attached hydrogens (tertiary/aromatic N) is 3. The summed E-state index contributed by atoms with van der Waals surface area (Å²) in [5.74, 6) is -0.460. The molecule has 0 radical (unpaired) electrons. The molecular weight excluding hydrogens is 438 g/mol. The molecule has 1 amide bonds. The van der Waals surface area contributed by atoms with Gasteiger partial charge in [0.2, 0.25) is 0 Å². The number of aliphatic hydroxyl groups is 1. The summed E-state index contributed by atoms with van der Waals surface area (Å²) >= 11 is 0. The average molecular weight is 468 g/mol. The van der Waals surface area contributed by atoms with E-state index in [-0.39, 0.29) is 16.9 Å². The summed E-state index contributed by atoms with van der Waals surface area (Å²) < 4.78 is 7.51. The maximum atomic E-state index is 13.0. The van der Waals surface area contributed by atoms with Crippen molar-refractivity contribution >= 4 is 39.4 Å². The lowest BCUT2D eigenvalue weighted by Crippen LogP contribution is -2.36. The quantitative estimate of drug-likeness (QED) is 0.275. The predicted octanol–water partition coefficient (Wildman–Crippen LogP) is 3.38. The first kappa shape index (κ1) is 23.5. The van der Waals surface area contributed by atoms with Crippen LogP contribution in [0.2, 0.25) is 0 Å². The van der Waals surface area contributed by atoms with E-state index in [9.17, 15) is 20.0 Å². The van der Waals surface area contributed by atoms with E-state index in [1.807, 2.05) is 29.1 Å². The Labute approximate surface area is 197 Å². The zero-order valence-electron chi connectivity index (χ0n) is 19.3. The zero-order chi connectivity index (χ0) is 24.5. The van der Waals surface area contributed by atoms with Gasteiger partial charge in [-0.25, -0.2) is 0 Å². The van der Waals surface area contributed by atoms with Crippen LogP contribution >= 0.6 is 0 Å². The van der Waals surface area contributed by atoms with Gasteiger partial charge in [-0.05, 0) is 44.5 Å². The van der Waals surface area contributed by atoms with Crippen LogP contribution in [0.25, 0.3) is 10.8 Å². The molecule has 1 aliphatic rings. The van der Waals surface area contributed by atoms with E-state index in [1.165, 1.54) is 18.2 Å². The van der Waals surface area contributed by atoms with Gasteiger partial charge in [0.15, 0.2) is 0 Å². The molecule has 0 atom stereocenters. The third-order valence-corrected chi connectivity index (χ3v) is 5.88. The summed E-state index contributed by atoms with van der Waals surface area (Å²) in [6, 6.07) is 7.96. The maximum Gasteiger partial charge on any atom is 0.292 e. The van der Waals surface area contributed by atoms with Crippen molar-refractivity contribution in [1.82, 2.24) is 4.57 Å². The molecule has 10 heteroatoms. The number of hydrogen-bond donors (Lipinski definition) is 3. The summed E-state index contributed by atoms with van der Waals surface area (Å²) in [5.41, 5.74) is 6.22. The number of hydrogen-bond acceptors (Lipinski definition) is 7. The summed E-state index contributed by atoms with van der Waals surface area (Å²) in [5, 5.41) is 26.2. The fourth-order valence-corrected chi connectivity index (χ4v) is 3.97. The van der Waals surface area contributed by atoms with Gasteiger partial charge in [0.05, 0.1) is 35.1 Å². The molecule has 180 valence electrons. The van der Waals surface area contributed by atoms with Gasteiger partial charge >= 0.3 is 0 Å². The van der Waals surface area contributed by atoms with Crippen LogP contribution < -0.4 is 16.0 Å². The van der Waals surface area contributed by atoms with Gasteiger partial charge in [0.25, 0.3) is 11.6 Å². The van der Waals surface area contributed by atoms with Crippen molar-refractivity contribution in [2.75, 3.05) is 42.3 Å². The van der Waals surface area contributed by atoms with Crippen molar-refractivity contribution in [1.29, 1.82) is 0 Å². The van der Waals surface area contributed by atoms with E-state index in [2.05, 4.69) is 10.2 Å². The number of carbonyl (C=O) groups is 1. The van der Waals surface area contributed by atoms with Crippen molar-refractivity contribution in [3.05, 3.63) is 58.4 Å². The van der Waals surface area contributed by atoms with E-state index in [4.69, 9.17) is 10.5 Å². The van der Waals surface area contributed by atoms with Gasteiger partial charge in [0.1, 0.15) is 5.69 Å². The molecule has 2 heterocycles. The largest absolute Gasteiger partial charge is 0.393 e. The molecule has 0 saturated carbocycles. The van der Waals surface area contributed by atoms with Crippen LogP contribution in [0.1, 0.15) is 30.6 Å². The predicted molar refractivity (Wildman–Crippen MR) is 131 cm³/mol. The number of nitrogens with one attached hydrogen (secondary N) is 1. The molecule has 1 aromatic heterocycles. The number of ether oxygens (including phenoxy) is 1. The minimum Gasteiger partial charge on any atom is -0.393 e. The number of fused-ring (bicyclic) bond motifs is 1. The molecule has 4 N–H and O–H groups in total. The fraction of sp³-hybridized carbons (Fsp3) is 0.375. The molecule has 34 heavy (non-hydrogen) atoms. The Kier molecular flexibility index (Phi) is 6.45. The average Bonchev–Trinajstić information content (AvgIpc) is 3.19. The van der Waals surface area contributed by atoms with Crippen molar-refractivity contribution in [2.24, 2.45) is 0 Å². The second-order valence-corrected chi connectivity index (χ2v) is 9.14. The van der Waals surface area contributed by atoms with Crippen LogP contribution in [0, 0.1) is 10.1 Å². The van der Waals surface area contributed by atoms with E-state index in [0.717, 1.165) is 16.5 Å². The maximum absolute atomic E-state index is 13.0. The van der Waals surface area contributed by atoms with Gasteiger partial charge in [-0.2, -0.15) is 0 Å². The number of rotatable bonds is 7. The number of benzene rings is 2. The molecule has 4 rings (SSSR count). The highest BCUT2D eigenvalue weighted by molar-refractivity contribution is 6.08. The van der Waals surface area contributed by atoms with Gasteiger partial charge in [-0.3, -0.25) is 14.9 Å². The Hall–Kier alpha value is -3.63. The first-order valence-corrected chi connectivity index (χ1v) is 11.1. The molecule has 3 aromatic rings. The van der Waals surface area contributed by atoms with Crippen molar-refractivity contribution in [2.45, 2.75) is 32.4 Å². The van der Waals surface area contributed by atoms with Crippen LogP contribution in [0.4, 0.5) is 22.7 Å². The number of nitrogens with two attached hydrogens (primary N) is 1. The van der Waals surface area contributed by atoms with Crippen LogP contribution in [-0.4, -0.2) is 52.4 Å². The smallest absolute Gasteiger partial charge is 0.292 e. The molecule has 0 bridgehead atoms. The Morgan fingerprint density at radius 1 is 1.21 bits per heavy atom. The highest BCUT2D eigenvalue weighted by atomic mass is 16.6. The van der Waals surface area contributed by atoms with Crippen molar-refractivity contribution in [3.8, 4) is 0 Å². The minimum absolute atomic E-state index is 0.00405. The Morgan fingerprint density at radius 2 is 1.88 bits per heavy atom. The molecule has 10 nitrogen and oxygen atoms in total. The highest BCUT2D eigenvalue weighted by Crippen LogP contribution is 2.33. The standard InChI is InChI=1S/C24H29N5O5/c1-24(2,31)5-6-27-14-17-11-20(22(13-18(17)15-27)28-7-9-34-10-8-28)26-23(30)16-3-4-19(25)21(12-16)29(32)33/h3-4,11-15,31H,5-10,25H2,1-2H3,(H,26,30). The number of carbonyl (C=O) groups excluding carboxylic acids is 1. The van der Waals surface area contributed by atoms with Crippen LogP contribution in [0.3, 0.4) is 0 Å². The van der Waals surface area contributed by atoms with Crippen LogP contribution in [0.5, 0.6) is 0 Å². The van der Waals surface area contributed by atoms with E-state index in [1.54, 1.807) is 13.8 Å². The number of morpholine rings is 1. The monoisotopic (exact) mass is 467 g/mol. The summed E-state index contributed by atoms with van der Waals surface area (Å²) in [7, 11) is 0. The normalized spacial score (nSPS) is 14.4. The number of nitro groups is 1. The molecule has 1 fully saturated rings. The number of nitrogen functional groups attached to an aromatic ring is 1. The van der Waals surface area contributed by atoms with E-state index in [0.29, 0.717) is 45.0 Å². The lowest BCUT2D eigenvalue weighted by atomic mass is 10.1. The summed E-state index contributed by atoms with van der Waals surface area (Å²) in [6.07, 6.45) is 4.61. The molecule has 1 aliphatic heterocycles. The Morgan fingerprint density at radius 3 is 2.53 bits per heavy atom. The number of nitro benzene ring substituents is 1. The lowest BCUT2D eigenvalue weighted by molar-refractivity contribution is -0.383. The zero-order valence-corrected chi connectivity index (χ0v) is 19.3. The number of anilines is 3. The van der Waals surface area contributed by atoms with Gasteiger partial charge in [-0.15, -0.1) is 0 Å². The Bertz CT molecular complexity index is 1220. The third kappa shape index (κ3) is 5.29. The molecule has 0 unspecified atom stereocenters. The highest BCUT2D eigenvalue weighted by Gasteiger charge is 2.21. The van der Waals surface area contributed by atoms with Crippen LogP contribution in [-0.2, 0) is 11.3 Å². The number of aromatic nitrogens is 1. The van der Waals surface area contributed by atoms with Crippen molar-refractivity contribution < 1.29 is 19.6 Å². The Balaban J connectivity index is 1.68. The summed E-state index contributed by atoms with van der Waals surface area (Å²) in [6.45, 7) is 6.75. The lowest BCUT2D eigenvalue weighted by Gasteiger charge is -2.30. The molecule has 0 aliphatic carbocycles. The van der Waals surface area contributed by atoms with E-state index >= 15 is 0 Å². The topological polar surface area (TPSA) is 136 Å². The fourth-order valence-electron chi connectivity index (χ4n) is 3.97. The first-order valence-electron chi connectivity index (χ1n) is 11.1. The van der Waals surface area contributed by atoms with Crippen molar-refractivity contribution in [3.63, 3.8) is 0 Å². The van der Waals surface area contributed by atoms with Crippen LogP contribution in [0.15, 0.2) is 42.7 Å². The molecule has 1 saturated heterocycles. The molecule has 2 aromatic carbocycles. The third-order valence-electron chi connectivity index (χ3n) is 5.88. The second-order valence-electron chi connectivity index (χ2n) is 9.14. The summed E-state index contributed by atoms with van der Waals surface area (Å²) in [4.78, 5) is 25.8. The molecular formula is C24H29N5O5. The van der Waals surface area contributed by atoms with Gasteiger partial charge in [-0.1, -0.05) is 0 Å². The van der Waals surface area contributed by atoms with E-state index < -0.39 is 16.4 Å². The number of aryl methyl sites for hydroxylation is 1. The first-order chi connectivity index (χ1) is 16.1. The molecule has 0 spiro atoms. The minimum atomic E-state index is -0.768. The number of amides is 1. The van der Waals surface area contributed by atoms with Gasteiger partial charge in [0, 0.05) is 54.4 Å². The SMILES string of the molecule is CC(C)(O)CCn1cc2cc(NC(=O)c3ccc(N)c([N+](=O)[O-])c3)c(N3CCOCC3)cc2c1.